The molecule has 0 atom stereocenters. The van der Waals surface area contributed by atoms with Gasteiger partial charge in [0, 0.05) is 0 Å². The Morgan fingerprint density at radius 2 is 1.62 bits per heavy atom. The van der Waals surface area contributed by atoms with Gasteiger partial charge in [-0.25, -0.2) is 4.85 Å². The highest BCUT2D eigenvalue weighted by atomic mass is 32.2. The number of hydrogen-bond acceptors (Lipinski definition) is 2. The first-order valence-corrected chi connectivity index (χ1v) is 7.72. The van der Waals surface area contributed by atoms with Gasteiger partial charge in [0.1, 0.15) is 0 Å². The second kappa shape index (κ2) is 5.90. The van der Waals surface area contributed by atoms with Crippen LogP contribution < -0.4 is 0 Å². The standard InChI is InChI=1S/C16H14N2O2S/c1-12-4-10-16(11-5-12)21(19,20)18-13(2)14-6-8-15(17-3)9-7-14/h4-11H,1-2H3/b18-13+. The van der Waals surface area contributed by atoms with Gasteiger partial charge in [-0.15, -0.1) is 0 Å². The Bertz CT molecular complexity index is 812. The lowest BCUT2D eigenvalue weighted by Crippen LogP contribution is -2.03. The van der Waals surface area contributed by atoms with E-state index in [2.05, 4.69) is 9.24 Å². The second-order valence-electron chi connectivity index (χ2n) is 4.62. The summed E-state index contributed by atoms with van der Waals surface area (Å²) in [7, 11) is -3.71. The zero-order valence-electron chi connectivity index (χ0n) is 11.7. The highest BCUT2D eigenvalue weighted by molar-refractivity contribution is 7.90. The molecule has 0 fully saturated rings. The zero-order chi connectivity index (χ0) is 15.5. The fourth-order valence-corrected chi connectivity index (χ4v) is 2.82. The Hall–Kier alpha value is -2.45. The van der Waals surface area contributed by atoms with Crippen molar-refractivity contribution in [3.8, 4) is 0 Å². The highest BCUT2D eigenvalue weighted by Gasteiger charge is 2.13. The van der Waals surface area contributed by atoms with E-state index in [1.807, 2.05) is 6.92 Å². The summed E-state index contributed by atoms with van der Waals surface area (Å²) in [5, 5.41) is 0. The molecule has 2 aromatic carbocycles. The number of aryl methyl sites for hydroxylation is 1. The van der Waals surface area contributed by atoms with Crippen molar-refractivity contribution >= 4 is 21.4 Å². The number of nitrogens with zero attached hydrogens (tertiary/aromatic N) is 2. The lowest BCUT2D eigenvalue weighted by Gasteiger charge is -2.03. The first-order valence-electron chi connectivity index (χ1n) is 6.28. The van der Waals surface area contributed by atoms with Crippen LogP contribution in [0.1, 0.15) is 18.1 Å². The summed E-state index contributed by atoms with van der Waals surface area (Å²) < 4.78 is 28.3. The third-order valence-electron chi connectivity index (χ3n) is 2.99. The smallest absolute Gasteiger partial charge is 0.238 e. The molecule has 106 valence electrons. The summed E-state index contributed by atoms with van der Waals surface area (Å²) in [6.07, 6.45) is 0. The first-order chi connectivity index (χ1) is 9.92. The number of hydrogen-bond donors (Lipinski definition) is 0. The molecule has 0 aliphatic heterocycles. The van der Waals surface area contributed by atoms with Crippen molar-refractivity contribution in [2.45, 2.75) is 18.7 Å². The van der Waals surface area contributed by atoms with Crippen LogP contribution in [0.25, 0.3) is 4.85 Å². The highest BCUT2D eigenvalue weighted by Crippen LogP contribution is 2.17. The minimum Gasteiger partial charge on any atom is -0.238 e. The first kappa shape index (κ1) is 14.9. The molecule has 21 heavy (non-hydrogen) atoms. The van der Waals surface area contributed by atoms with E-state index >= 15 is 0 Å². The topological polar surface area (TPSA) is 50.9 Å². The average molecular weight is 298 g/mol. The summed E-state index contributed by atoms with van der Waals surface area (Å²) in [5.74, 6) is 0. The van der Waals surface area contributed by atoms with E-state index in [9.17, 15) is 8.42 Å². The predicted molar refractivity (Wildman–Crippen MR) is 83.3 cm³/mol. The van der Waals surface area contributed by atoms with Gasteiger partial charge in [-0.2, -0.15) is 12.8 Å². The number of rotatable bonds is 3. The van der Waals surface area contributed by atoms with Crippen molar-refractivity contribution in [3.05, 3.63) is 71.1 Å². The van der Waals surface area contributed by atoms with Gasteiger partial charge >= 0.3 is 0 Å². The van der Waals surface area contributed by atoms with E-state index in [4.69, 9.17) is 6.57 Å². The lowest BCUT2D eigenvalue weighted by atomic mass is 10.1. The Balaban J connectivity index is 2.36. The minimum atomic E-state index is -3.71. The van der Waals surface area contributed by atoms with Crippen LogP contribution >= 0.6 is 0 Å². The third-order valence-corrected chi connectivity index (χ3v) is 4.37. The van der Waals surface area contributed by atoms with Gasteiger partial charge in [-0.3, -0.25) is 0 Å². The van der Waals surface area contributed by atoms with Gasteiger partial charge in [0.25, 0.3) is 10.0 Å². The fraction of sp³-hybridized carbons (Fsp3) is 0.125. The molecule has 5 heteroatoms. The Kier molecular flexibility index (Phi) is 4.20. The van der Waals surface area contributed by atoms with E-state index in [1.165, 1.54) is 0 Å². The maximum atomic E-state index is 12.2. The summed E-state index contributed by atoms with van der Waals surface area (Å²) in [6, 6.07) is 13.2. The maximum absolute atomic E-state index is 12.2. The largest absolute Gasteiger partial charge is 0.282 e. The van der Waals surface area contributed by atoms with Crippen molar-refractivity contribution in [2.24, 2.45) is 4.40 Å². The van der Waals surface area contributed by atoms with Gasteiger partial charge in [-0.05, 0) is 31.5 Å². The third kappa shape index (κ3) is 3.56. The van der Waals surface area contributed by atoms with Crippen molar-refractivity contribution < 1.29 is 8.42 Å². The van der Waals surface area contributed by atoms with Crippen molar-refractivity contribution in [1.29, 1.82) is 0 Å². The molecule has 4 nitrogen and oxygen atoms in total. The molecule has 0 aliphatic carbocycles. The van der Waals surface area contributed by atoms with E-state index in [-0.39, 0.29) is 4.90 Å². The molecule has 0 heterocycles. The van der Waals surface area contributed by atoms with Crippen LogP contribution in [0.3, 0.4) is 0 Å². The minimum absolute atomic E-state index is 0.172. The Morgan fingerprint density at radius 3 is 2.14 bits per heavy atom. The van der Waals surface area contributed by atoms with E-state index in [1.54, 1.807) is 55.5 Å². The van der Waals surface area contributed by atoms with Gasteiger partial charge in [-0.1, -0.05) is 42.0 Å². The molecule has 0 saturated carbocycles. The summed E-state index contributed by atoms with van der Waals surface area (Å²) in [4.78, 5) is 3.46. The van der Waals surface area contributed by atoms with Crippen LogP contribution in [-0.4, -0.2) is 14.1 Å². The summed E-state index contributed by atoms with van der Waals surface area (Å²) >= 11 is 0. The van der Waals surface area contributed by atoms with Gasteiger partial charge < -0.3 is 0 Å². The number of sulfonamides is 1. The van der Waals surface area contributed by atoms with Crippen LogP contribution in [0.15, 0.2) is 57.8 Å². The van der Waals surface area contributed by atoms with Crippen molar-refractivity contribution in [3.63, 3.8) is 0 Å². The second-order valence-corrected chi connectivity index (χ2v) is 6.23. The quantitative estimate of drug-likeness (QED) is 0.640. The maximum Gasteiger partial charge on any atom is 0.282 e. The lowest BCUT2D eigenvalue weighted by molar-refractivity contribution is 0.598. The molecule has 0 aliphatic rings. The van der Waals surface area contributed by atoms with Crippen LogP contribution in [0.5, 0.6) is 0 Å². The van der Waals surface area contributed by atoms with E-state index in [0.29, 0.717) is 17.0 Å². The molecule has 0 N–H and O–H groups in total. The monoisotopic (exact) mass is 298 g/mol. The molecule has 0 amide bonds. The molecule has 0 saturated heterocycles. The molecule has 2 aromatic rings. The van der Waals surface area contributed by atoms with Crippen molar-refractivity contribution in [2.75, 3.05) is 0 Å². The molecule has 0 unspecified atom stereocenters. The molecule has 2 rings (SSSR count). The Morgan fingerprint density at radius 1 is 1.05 bits per heavy atom. The summed E-state index contributed by atoms with van der Waals surface area (Å²) in [6.45, 7) is 10.4. The zero-order valence-corrected chi connectivity index (χ0v) is 12.6. The normalized spacial score (nSPS) is 12.0. The molecular formula is C16H14N2O2S. The van der Waals surface area contributed by atoms with Crippen molar-refractivity contribution in [1.82, 2.24) is 0 Å². The van der Waals surface area contributed by atoms with Crippen LogP contribution in [0.2, 0.25) is 0 Å². The molecule has 0 spiro atoms. The SMILES string of the molecule is [C-]#[N+]c1ccc(/C(C)=N/S(=O)(=O)c2ccc(C)cc2)cc1. The van der Waals surface area contributed by atoms with Crippen LogP contribution in [-0.2, 0) is 10.0 Å². The van der Waals surface area contributed by atoms with Gasteiger partial charge in [0.05, 0.1) is 17.2 Å². The molecular weight excluding hydrogens is 284 g/mol. The van der Waals surface area contributed by atoms with E-state index in [0.717, 1.165) is 5.56 Å². The predicted octanol–water partition coefficient (Wildman–Crippen LogP) is 3.74. The van der Waals surface area contributed by atoms with Gasteiger partial charge in [0.15, 0.2) is 5.69 Å². The van der Waals surface area contributed by atoms with Crippen LogP contribution in [0.4, 0.5) is 5.69 Å². The molecule has 0 bridgehead atoms. The van der Waals surface area contributed by atoms with E-state index < -0.39 is 10.0 Å². The average Bonchev–Trinajstić information content (AvgIpc) is 2.47. The Labute approximate surface area is 124 Å². The van der Waals surface area contributed by atoms with Gasteiger partial charge in [0.2, 0.25) is 0 Å². The summed E-state index contributed by atoms with van der Waals surface area (Å²) in [5.41, 5.74) is 2.57. The fourth-order valence-electron chi connectivity index (χ4n) is 1.77. The van der Waals surface area contributed by atoms with Crippen LogP contribution in [0, 0.1) is 13.5 Å². The molecule has 0 radical (unpaired) electrons. The molecule has 0 aromatic heterocycles. The number of benzene rings is 2.